The number of aliphatic imine (C=N–C) groups is 1. The number of isothiocyanates is 1. The molecule has 61 valence electrons. The highest BCUT2D eigenvalue weighted by molar-refractivity contribution is 7.78. The lowest BCUT2D eigenvalue weighted by molar-refractivity contribution is 0.197. The first-order valence-electron chi connectivity index (χ1n) is 3.61. The van der Waals surface area contributed by atoms with Crippen molar-refractivity contribution in [3.05, 3.63) is 29.8 Å². The molecule has 0 N–H and O–H groups in total. The minimum absolute atomic E-state index is 0.0736. The highest BCUT2D eigenvalue weighted by Crippen LogP contribution is 2.12. The molecule has 0 aliphatic carbocycles. The van der Waals surface area contributed by atoms with E-state index in [0.717, 1.165) is 11.3 Å². The number of thiocarbonyl (C=S) groups is 1. The fourth-order valence-electron chi connectivity index (χ4n) is 0.908. The van der Waals surface area contributed by atoms with Crippen molar-refractivity contribution in [2.75, 3.05) is 6.61 Å². The van der Waals surface area contributed by atoms with Gasteiger partial charge >= 0.3 is 0 Å². The molecule has 0 aliphatic rings. The van der Waals surface area contributed by atoms with E-state index in [2.05, 4.69) is 22.4 Å². The summed E-state index contributed by atoms with van der Waals surface area (Å²) in [6, 6.07) is 7.40. The highest BCUT2D eigenvalue weighted by atomic mass is 32.1. The Morgan fingerprint density at radius 3 is 2.50 bits per heavy atom. The van der Waals surface area contributed by atoms with E-state index in [4.69, 9.17) is 0 Å². The SMILES string of the molecule is [O]CCc1ccc(N=C=S)cc1. The van der Waals surface area contributed by atoms with Gasteiger partial charge in [-0.05, 0) is 36.3 Å². The maximum absolute atomic E-state index is 10.3. The molecule has 1 radical (unpaired) electrons. The fourth-order valence-corrected chi connectivity index (χ4v) is 1.01. The summed E-state index contributed by atoms with van der Waals surface area (Å²) in [7, 11) is 0. The average Bonchev–Trinajstić information content (AvgIpc) is 2.09. The average molecular weight is 178 g/mol. The Kier molecular flexibility index (Phi) is 3.61. The first kappa shape index (κ1) is 9.07. The predicted molar refractivity (Wildman–Crippen MR) is 50.4 cm³/mol. The van der Waals surface area contributed by atoms with Gasteiger partial charge in [0.1, 0.15) is 0 Å². The van der Waals surface area contributed by atoms with Crippen molar-refractivity contribution in [3.8, 4) is 0 Å². The van der Waals surface area contributed by atoms with Crippen molar-refractivity contribution in [2.45, 2.75) is 6.42 Å². The van der Waals surface area contributed by atoms with Crippen LogP contribution >= 0.6 is 12.2 Å². The van der Waals surface area contributed by atoms with Crippen LogP contribution in [0, 0.1) is 0 Å². The first-order valence-corrected chi connectivity index (χ1v) is 4.02. The molecule has 0 bridgehead atoms. The Bertz CT molecular complexity index is 288. The Morgan fingerprint density at radius 2 is 2.00 bits per heavy atom. The zero-order chi connectivity index (χ0) is 8.81. The Hall–Kier alpha value is -1.02. The molecule has 0 heterocycles. The van der Waals surface area contributed by atoms with E-state index < -0.39 is 0 Å². The number of nitrogens with zero attached hydrogens (tertiary/aromatic N) is 1. The molecular weight excluding hydrogens is 170 g/mol. The van der Waals surface area contributed by atoms with Crippen LogP contribution in [0.15, 0.2) is 29.3 Å². The lowest BCUT2D eigenvalue weighted by atomic mass is 10.1. The lowest BCUT2D eigenvalue weighted by Crippen LogP contribution is -1.87. The van der Waals surface area contributed by atoms with E-state index in [1.807, 2.05) is 24.3 Å². The molecule has 0 saturated carbocycles. The minimum Gasteiger partial charge on any atom is -0.236 e. The maximum atomic E-state index is 10.3. The van der Waals surface area contributed by atoms with Crippen molar-refractivity contribution in [3.63, 3.8) is 0 Å². The van der Waals surface area contributed by atoms with Crippen LogP contribution < -0.4 is 0 Å². The van der Waals surface area contributed by atoms with Crippen molar-refractivity contribution < 1.29 is 5.11 Å². The molecule has 2 nitrogen and oxygen atoms in total. The molecule has 1 aromatic carbocycles. The second kappa shape index (κ2) is 4.78. The standard InChI is InChI=1S/C9H8NOS/c11-6-5-8-1-3-9(4-2-8)10-7-12/h1-4H,5-6H2. The van der Waals surface area contributed by atoms with E-state index >= 15 is 0 Å². The first-order chi connectivity index (χ1) is 5.86. The van der Waals surface area contributed by atoms with Gasteiger partial charge in [-0.2, -0.15) is 4.99 Å². The van der Waals surface area contributed by atoms with Gasteiger partial charge in [-0.25, -0.2) is 5.11 Å². The van der Waals surface area contributed by atoms with Crippen LogP contribution in [0.4, 0.5) is 5.69 Å². The summed E-state index contributed by atoms with van der Waals surface area (Å²) in [5.41, 5.74) is 1.81. The normalized spacial score (nSPS) is 9.08. The molecule has 0 amide bonds. The number of hydrogen-bond donors (Lipinski definition) is 0. The van der Waals surface area contributed by atoms with Crippen LogP contribution in [0.1, 0.15) is 5.56 Å². The second-order valence-electron chi connectivity index (χ2n) is 2.32. The molecule has 1 aromatic rings. The van der Waals surface area contributed by atoms with E-state index in [-0.39, 0.29) is 6.61 Å². The van der Waals surface area contributed by atoms with E-state index in [9.17, 15) is 5.11 Å². The Balaban J connectivity index is 2.77. The number of benzene rings is 1. The number of rotatable bonds is 3. The van der Waals surface area contributed by atoms with E-state index in [1.54, 1.807) is 0 Å². The van der Waals surface area contributed by atoms with E-state index in [0.29, 0.717) is 6.42 Å². The molecular formula is C9H8NOS. The predicted octanol–water partition coefficient (Wildman–Crippen LogP) is 2.39. The Labute approximate surface area is 76.6 Å². The van der Waals surface area contributed by atoms with Gasteiger partial charge in [0.25, 0.3) is 0 Å². The van der Waals surface area contributed by atoms with Crippen molar-refractivity contribution in [2.24, 2.45) is 4.99 Å². The quantitative estimate of drug-likeness (QED) is 0.516. The summed E-state index contributed by atoms with van der Waals surface area (Å²) in [6.07, 6.45) is 0.571. The maximum Gasteiger partial charge on any atom is 0.0862 e. The summed E-state index contributed by atoms with van der Waals surface area (Å²) in [5, 5.41) is 12.5. The molecule has 0 aliphatic heterocycles. The van der Waals surface area contributed by atoms with Crippen LogP contribution in [-0.4, -0.2) is 11.8 Å². The molecule has 0 spiro atoms. The van der Waals surface area contributed by atoms with Crippen LogP contribution in [0.25, 0.3) is 0 Å². The fraction of sp³-hybridized carbons (Fsp3) is 0.222. The molecule has 0 aromatic heterocycles. The zero-order valence-electron chi connectivity index (χ0n) is 6.49. The van der Waals surface area contributed by atoms with Gasteiger partial charge in [0.05, 0.1) is 17.5 Å². The van der Waals surface area contributed by atoms with Gasteiger partial charge in [-0.15, -0.1) is 0 Å². The van der Waals surface area contributed by atoms with Crippen LogP contribution in [0.3, 0.4) is 0 Å². The van der Waals surface area contributed by atoms with Gasteiger partial charge in [-0.3, -0.25) is 0 Å². The monoisotopic (exact) mass is 178 g/mol. The lowest BCUT2D eigenvalue weighted by Gasteiger charge is -1.95. The molecule has 0 unspecified atom stereocenters. The highest BCUT2D eigenvalue weighted by Gasteiger charge is 1.91. The molecule has 0 fully saturated rings. The third kappa shape index (κ3) is 2.55. The van der Waals surface area contributed by atoms with Gasteiger partial charge in [0.2, 0.25) is 0 Å². The summed E-state index contributed by atoms with van der Waals surface area (Å²) >= 11 is 4.45. The summed E-state index contributed by atoms with van der Waals surface area (Å²) < 4.78 is 0. The van der Waals surface area contributed by atoms with E-state index in [1.165, 1.54) is 0 Å². The molecule has 0 saturated heterocycles. The topological polar surface area (TPSA) is 32.3 Å². The Morgan fingerprint density at radius 1 is 1.33 bits per heavy atom. The van der Waals surface area contributed by atoms with Crippen molar-refractivity contribution >= 4 is 23.1 Å². The number of hydrogen-bond acceptors (Lipinski definition) is 2. The third-order valence-electron chi connectivity index (χ3n) is 1.50. The van der Waals surface area contributed by atoms with Gasteiger partial charge in [0, 0.05) is 0 Å². The van der Waals surface area contributed by atoms with Crippen LogP contribution in [-0.2, 0) is 11.5 Å². The third-order valence-corrected chi connectivity index (χ3v) is 1.59. The molecule has 0 atom stereocenters. The summed E-state index contributed by atoms with van der Waals surface area (Å²) in [5.74, 6) is 0. The largest absolute Gasteiger partial charge is 0.236 e. The van der Waals surface area contributed by atoms with Crippen LogP contribution in [0.2, 0.25) is 0 Å². The minimum atomic E-state index is -0.0736. The summed E-state index contributed by atoms with van der Waals surface area (Å²) in [4.78, 5) is 3.79. The van der Waals surface area contributed by atoms with Crippen LogP contribution in [0.5, 0.6) is 0 Å². The van der Waals surface area contributed by atoms with Crippen molar-refractivity contribution in [1.29, 1.82) is 0 Å². The molecule has 1 rings (SSSR count). The molecule has 12 heavy (non-hydrogen) atoms. The molecule has 3 heteroatoms. The second-order valence-corrected chi connectivity index (χ2v) is 2.51. The van der Waals surface area contributed by atoms with Crippen molar-refractivity contribution in [1.82, 2.24) is 0 Å². The van der Waals surface area contributed by atoms with Gasteiger partial charge in [-0.1, -0.05) is 12.1 Å². The zero-order valence-corrected chi connectivity index (χ0v) is 7.30. The van der Waals surface area contributed by atoms with Gasteiger partial charge in [0.15, 0.2) is 0 Å². The smallest absolute Gasteiger partial charge is 0.0862 e. The summed E-state index contributed by atoms with van der Waals surface area (Å²) in [6.45, 7) is -0.0736. The van der Waals surface area contributed by atoms with Gasteiger partial charge < -0.3 is 0 Å².